The Kier molecular flexibility index (Phi) is 5.38. The highest BCUT2D eigenvalue weighted by atomic mass is 16.2. The summed E-state index contributed by atoms with van der Waals surface area (Å²) < 4.78 is 0. The van der Waals surface area contributed by atoms with Crippen LogP contribution in [0.1, 0.15) is 6.42 Å². The number of fused-ring (bicyclic) bond motifs is 1. The van der Waals surface area contributed by atoms with Crippen molar-refractivity contribution in [2.24, 2.45) is 15.7 Å². The third-order valence-corrected chi connectivity index (χ3v) is 4.53. The molecule has 3 aromatic carbocycles. The van der Waals surface area contributed by atoms with E-state index in [0.29, 0.717) is 5.69 Å². The number of hydrogen-bond donors (Lipinski definition) is 4. The summed E-state index contributed by atoms with van der Waals surface area (Å²) in [5, 5.41) is 10.3. The summed E-state index contributed by atoms with van der Waals surface area (Å²) in [7, 11) is 0. The average Bonchev–Trinajstić information content (AvgIpc) is 3.07. The lowest BCUT2D eigenvalue weighted by atomic mass is 10.1. The maximum absolute atomic E-state index is 12.5. The van der Waals surface area contributed by atoms with Crippen molar-refractivity contribution >= 4 is 45.9 Å². The number of nitrogens with two attached hydrogens (primary N) is 1. The Morgan fingerprint density at radius 1 is 1.00 bits per heavy atom. The van der Waals surface area contributed by atoms with Crippen LogP contribution in [0, 0.1) is 0 Å². The molecule has 4 rings (SSSR count). The van der Waals surface area contributed by atoms with Crippen molar-refractivity contribution in [2.45, 2.75) is 12.5 Å². The van der Waals surface area contributed by atoms with Gasteiger partial charge in [-0.2, -0.15) is 4.99 Å². The van der Waals surface area contributed by atoms with Gasteiger partial charge in [-0.05, 0) is 23.6 Å². The SMILES string of the molecule is NC(=NC1=N[C@H](CC(=O)Nc2cccc3ccccc23)C(=O)N1)Nc1ccccc1. The molecule has 8 nitrogen and oxygen atoms in total. The summed E-state index contributed by atoms with van der Waals surface area (Å²) in [5.41, 5.74) is 7.31. The monoisotopic (exact) mass is 400 g/mol. The average molecular weight is 400 g/mol. The number of carbonyl (C=O) groups is 2. The van der Waals surface area contributed by atoms with Gasteiger partial charge in [0, 0.05) is 16.8 Å². The predicted octanol–water partition coefficient (Wildman–Crippen LogP) is 2.45. The lowest BCUT2D eigenvalue weighted by Gasteiger charge is -2.09. The number of benzene rings is 3. The largest absolute Gasteiger partial charge is 0.369 e. The molecule has 0 saturated heterocycles. The normalized spacial score (nSPS) is 16.1. The third kappa shape index (κ3) is 4.44. The number of carbonyl (C=O) groups excluding carboxylic acids is 2. The van der Waals surface area contributed by atoms with Crippen LogP contribution in [0.5, 0.6) is 0 Å². The standard InChI is InChI=1S/C22H20N6O2/c23-21(24-15-9-2-1-3-10-15)28-22-26-18(20(30)27-22)13-19(29)25-17-12-6-8-14-7-4-5-11-16(14)17/h1-12,18H,13H2,(H,25,29)(H4,23,24,26,27,28,30)/t18-/m1/s1. The fourth-order valence-electron chi connectivity index (χ4n) is 3.15. The van der Waals surface area contributed by atoms with Crippen molar-refractivity contribution in [3.8, 4) is 0 Å². The van der Waals surface area contributed by atoms with Crippen molar-refractivity contribution in [1.82, 2.24) is 5.32 Å². The molecule has 0 fully saturated rings. The third-order valence-electron chi connectivity index (χ3n) is 4.53. The van der Waals surface area contributed by atoms with E-state index in [-0.39, 0.29) is 24.2 Å². The molecule has 30 heavy (non-hydrogen) atoms. The molecular weight excluding hydrogens is 380 g/mol. The summed E-state index contributed by atoms with van der Waals surface area (Å²) in [5.74, 6) is -0.546. The van der Waals surface area contributed by atoms with Gasteiger partial charge in [0.05, 0.1) is 6.42 Å². The van der Waals surface area contributed by atoms with Crippen LogP contribution >= 0.6 is 0 Å². The molecule has 1 atom stereocenters. The van der Waals surface area contributed by atoms with Crippen LogP contribution in [-0.4, -0.2) is 29.8 Å². The molecule has 3 aromatic rings. The smallest absolute Gasteiger partial charge is 0.252 e. The molecular formula is C22H20N6O2. The minimum absolute atomic E-state index is 0.0730. The van der Waals surface area contributed by atoms with E-state index in [9.17, 15) is 9.59 Å². The molecule has 0 saturated carbocycles. The molecule has 0 spiro atoms. The van der Waals surface area contributed by atoms with Crippen molar-refractivity contribution in [3.05, 3.63) is 72.8 Å². The van der Waals surface area contributed by atoms with Crippen LogP contribution in [0.4, 0.5) is 11.4 Å². The first-order valence-electron chi connectivity index (χ1n) is 9.41. The van der Waals surface area contributed by atoms with E-state index in [1.807, 2.05) is 72.8 Å². The van der Waals surface area contributed by atoms with Gasteiger partial charge in [0.1, 0.15) is 6.04 Å². The highest BCUT2D eigenvalue weighted by Crippen LogP contribution is 2.23. The van der Waals surface area contributed by atoms with Crippen LogP contribution in [0.3, 0.4) is 0 Å². The summed E-state index contributed by atoms with van der Waals surface area (Å²) in [6.45, 7) is 0. The van der Waals surface area contributed by atoms with Crippen LogP contribution in [0.2, 0.25) is 0 Å². The molecule has 0 aliphatic carbocycles. The zero-order chi connectivity index (χ0) is 20.9. The Morgan fingerprint density at radius 3 is 2.57 bits per heavy atom. The highest BCUT2D eigenvalue weighted by molar-refractivity contribution is 6.12. The summed E-state index contributed by atoms with van der Waals surface area (Å²) in [6, 6.07) is 21.8. The van der Waals surface area contributed by atoms with Gasteiger partial charge in [-0.15, -0.1) is 0 Å². The maximum atomic E-state index is 12.5. The van der Waals surface area contributed by atoms with E-state index in [4.69, 9.17) is 5.73 Å². The van der Waals surface area contributed by atoms with Crippen molar-refractivity contribution in [2.75, 3.05) is 10.6 Å². The van der Waals surface area contributed by atoms with E-state index < -0.39 is 11.9 Å². The number of nitrogens with one attached hydrogen (secondary N) is 3. The maximum Gasteiger partial charge on any atom is 0.252 e. The Labute approximate surface area is 172 Å². The molecule has 0 radical (unpaired) electrons. The van der Waals surface area contributed by atoms with E-state index in [2.05, 4.69) is 25.9 Å². The number of hydrogen-bond acceptors (Lipinski definition) is 4. The van der Waals surface area contributed by atoms with Gasteiger partial charge < -0.3 is 16.4 Å². The molecule has 1 heterocycles. The molecule has 2 amide bonds. The molecule has 150 valence electrons. The zero-order valence-electron chi connectivity index (χ0n) is 16.0. The molecule has 0 bridgehead atoms. The second-order valence-electron chi connectivity index (χ2n) is 6.72. The predicted molar refractivity (Wildman–Crippen MR) is 118 cm³/mol. The molecule has 0 aromatic heterocycles. The number of nitrogens with zero attached hydrogens (tertiary/aromatic N) is 2. The number of rotatable bonds is 4. The highest BCUT2D eigenvalue weighted by Gasteiger charge is 2.28. The van der Waals surface area contributed by atoms with E-state index in [1.165, 1.54) is 0 Å². The Hall–Kier alpha value is -4.20. The first-order chi connectivity index (χ1) is 14.6. The second-order valence-corrected chi connectivity index (χ2v) is 6.72. The summed E-state index contributed by atoms with van der Waals surface area (Å²) in [4.78, 5) is 32.9. The van der Waals surface area contributed by atoms with Gasteiger partial charge in [0.15, 0.2) is 0 Å². The zero-order valence-corrected chi connectivity index (χ0v) is 16.0. The van der Waals surface area contributed by atoms with Crippen molar-refractivity contribution in [1.29, 1.82) is 0 Å². The van der Waals surface area contributed by atoms with Crippen LogP contribution in [0.25, 0.3) is 10.8 Å². The molecule has 0 unspecified atom stereocenters. The van der Waals surface area contributed by atoms with Crippen LogP contribution in [0.15, 0.2) is 82.8 Å². The van der Waals surface area contributed by atoms with E-state index in [0.717, 1.165) is 16.5 Å². The number of anilines is 2. The van der Waals surface area contributed by atoms with Gasteiger partial charge in [-0.1, -0.05) is 54.6 Å². The van der Waals surface area contributed by atoms with Gasteiger partial charge >= 0.3 is 0 Å². The number of guanidine groups is 2. The molecule has 8 heteroatoms. The van der Waals surface area contributed by atoms with Crippen LogP contribution in [-0.2, 0) is 9.59 Å². The lowest BCUT2D eigenvalue weighted by molar-refractivity contribution is -0.123. The number of aliphatic imine (C=N–C) groups is 2. The lowest BCUT2D eigenvalue weighted by Crippen LogP contribution is -2.32. The number of para-hydroxylation sites is 1. The summed E-state index contributed by atoms with van der Waals surface area (Å²) in [6.07, 6.45) is -0.0971. The Morgan fingerprint density at radius 2 is 1.73 bits per heavy atom. The first kappa shape index (κ1) is 19.1. The van der Waals surface area contributed by atoms with Gasteiger partial charge in [-0.25, -0.2) is 4.99 Å². The fraction of sp³-hybridized carbons (Fsp3) is 0.0909. The van der Waals surface area contributed by atoms with Gasteiger partial charge in [0.25, 0.3) is 5.91 Å². The fourth-order valence-corrected chi connectivity index (χ4v) is 3.15. The number of amides is 2. The Bertz CT molecular complexity index is 1150. The first-order valence-corrected chi connectivity index (χ1v) is 9.41. The minimum Gasteiger partial charge on any atom is -0.369 e. The van der Waals surface area contributed by atoms with E-state index in [1.54, 1.807) is 0 Å². The van der Waals surface area contributed by atoms with E-state index >= 15 is 0 Å². The molecule has 1 aliphatic heterocycles. The molecule has 5 N–H and O–H groups in total. The minimum atomic E-state index is -0.858. The summed E-state index contributed by atoms with van der Waals surface area (Å²) >= 11 is 0. The van der Waals surface area contributed by atoms with Gasteiger partial charge in [-0.3, -0.25) is 14.9 Å². The van der Waals surface area contributed by atoms with Gasteiger partial charge in [0.2, 0.25) is 17.8 Å². The second kappa shape index (κ2) is 8.44. The topological polar surface area (TPSA) is 121 Å². The van der Waals surface area contributed by atoms with Crippen molar-refractivity contribution < 1.29 is 9.59 Å². The quantitative estimate of drug-likeness (QED) is 0.397. The molecule has 1 aliphatic rings. The van der Waals surface area contributed by atoms with Crippen molar-refractivity contribution in [3.63, 3.8) is 0 Å². The Balaban J connectivity index is 1.41. The van der Waals surface area contributed by atoms with Crippen LogP contribution < -0.4 is 21.7 Å².